The van der Waals surface area contributed by atoms with E-state index < -0.39 is 0 Å². The van der Waals surface area contributed by atoms with Crippen LogP contribution in [0.15, 0.2) is 127 Å². The van der Waals surface area contributed by atoms with E-state index in [2.05, 4.69) is 229 Å². The molecule has 0 aliphatic heterocycles. The summed E-state index contributed by atoms with van der Waals surface area (Å²) in [5.41, 5.74) is 19.3. The molecule has 1 aliphatic rings. The molecule has 1 aliphatic carbocycles. The smallest absolute Gasteiger partial charge is 0.0470 e. The molecule has 288 valence electrons. The van der Waals surface area contributed by atoms with Crippen LogP contribution in [0.3, 0.4) is 0 Å². The van der Waals surface area contributed by atoms with Crippen molar-refractivity contribution >= 4 is 17.1 Å². The maximum absolute atomic E-state index is 2.49. The molecule has 7 rings (SSSR count). The highest BCUT2D eigenvalue weighted by molar-refractivity contribution is 5.87. The van der Waals surface area contributed by atoms with Gasteiger partial charge < -0.3 is 4.90 Å². The number of benzene rings is 6. The molecule has 0 aromatic heterocycles. The zero-order chi connectivity index (χ0) is 40.6. The third-order valence-electron chi connectivity index (χ3n) is 12.1. The Balaban J connectivity index is 1.39. The van der Waals surface area contributed by atoms with Crippen molar-refractivity contribution in [2.75, 3.05) is 4.90 Å². The number of anilines is 3. The molecule has 0 saturated heterocycles. The number of hydrogen-bond acceptors (Lipinski definition) is 1. The van der Waals surface area contributed by atoms with Gasteiger partial charge in [0.1, 0.15) is 0 Å². The normalized spacial score (nSPS) is 14.0. The molecule has 56 heavy (non-hydrogen) atoms. The van der Waals surface area contributed by atoms with Crippen molar-refractivity contribution in [2.24, 2.45) is 0 Å². The van der Waals surface area contributed by atoms with Gasteiger partial charge in [0.2, 0.25) is 0 Å². The fourth-order valence-electron chi connectivity index (χ4n) is 8.25. The van der Waals surface area contributed by atoms with Crippen LogP contribution in [-0.4, -0.2) is 0 Å². The molecule has 0 atom stereocenters. The summed E-state index contributed by atoms with van der Waals surface area (Å²) in [5, 5.41) is 0. The summed E-state index contributed by atoms with van der Waals surface area (Å²) in [7, 11) is 0. The van der Waals surface area contributed by atoms with Gasteiger partial charge in [-0.15, -0.1) is 0 Å². The molecule has 0 N–H and O–H groups in total. The molecule has 0 spiro atoms. The largest absolute Gasteiger partial charge is 0.310 e. The predicted molar refractivity (Wildman–Crippen MR) is 244 cm³/mol. The van der Waals surface area contributed by atoms with Crippen molar-refractivity contribution < 1.29 is 0 Å². The van der Waals surface area contributed by atoms with E-state index >= 15 is 0 Å². The van der Waals surface area contributed by atoms with Gasteiger partial charge >= 0.3 is 0 Å². The Hall–Kier alpha value is -4.88. The van der Waals surface area contributed by atoms with Crippen LogP contribution < -0.4 is 4.90 Å². The highest BCUT2D eigenvalue weighted by Crippen LogP contribution is 2.51. The summed E-state index contributed by atoms with van der Waals surface area (Å²) < 4.78 is 0. The number of hydrogen-bond donors (Lipinski definition) is 0. The number of fused-ring (bicyclic) bond motifs is 3. The molecule has 1 nitrogen and oxygen atoms in total. The highest BCUT2D eigenvalue weighted by atomic mass is 15.1. The average Bonchev–Trinajstić information content (AvgIpc) is 3.36. The average molecular weight is 738 g/mol. The second kappa shape index (κ2) is 13.7. The first-order chi connectivity index (χ1) is 26.0. The van der Waals surface area contributed by atoms with E-state index in [1.165, 1.54) is 83.8 Å². The van der Waals surface area contributed by atoms with E-state index in [-0.39, 0.29) is 27.1 Å². The van der Waals surface area contributed by atoms with Crippen LogP contribution in [0.2, 0.25) is 0 Å². The number of rotatable bonds is 5. The van der Waals surface area contributed by atoms with Crippen molar-refractivity contribution in [2.45, 2.75) is 124 Å². The van der Waals surface area contributed by atoms with Gasteiger partial charge in [0.25, 0.3) is 0 Å². The summed E-state index contributed by atoms with van der Waals surface area (Å²) >= 11 is 0. The molecule has 6 aromatic rings. The lowest BCUT2D eigenvalue weighted by Gasteiger charge is -2.31. The van der Waals surface area contributed by atoms with Crippen LogP contribution in [-0.2, 0) is 27.1 Å². The van der Waals surface area contributed by atoms with Gasteiger partial charge in [-0.25, -0.2) is 0 Å². The summed E-state index contributed by atoms with van der Waals surface area (Å²) in [6.45, 7) is 32.5. The number of nitrogens with zero attached hydrogens (tertiary/aromatic N) is 1. The van der Waals surface area contributed by atoms with E-state index in [0.717, 1.165) is 0 Å². The molecule has 0 amide bonds. The summed E-state index contributed by atoms with van der Waals surface area (Å²) in [5.74, 6) is 0. The Labute approximate surface area is 338 Å². The monoisotopic (exact) mass is 737 g/mol. The van der Waals surface area contributed by atoms with Crippen LogP contribution in [0.25, 0.3) is 33.4 Å². The van der Waals surface area contributed by atoms with Crippen LogP contribution in [0.5, 0.6) is 0 Å². The van der Waals surface area contributed by atoms with Gasteiger partial charge in [0.15, 0.2) is 0 Å². The van der Waals surface area contributed by atoms with Crippen molar-refractivity contribution in [1.29, 1.82) is 0 Å². The molecule has 0 bridgehead atoms. The van der Waals surface area contributed by atoms with Gasteiger partial charge in [-0.05, 0) is 125 Å². The molecular formula is C55H63N. The third kappa shape index (κ3) is 7.50. The molecule has 6 aromatic carbocycles. The van der Waals surface area contributed by atoms with E-state index in [0.29, 0.717) is 0 Å². The third-order valence-corrected chi connectivity index (χ3v) is 12.1. The molecule has 0 radical (unpaired) electrons. The quantitative estimate of drug-likeness (QED) is 0.170. The zero-order valence-electron chi connectivity index (χ0n) is 36.6. The fraction of sp³-hybridized carbons (Fsp3) is 0.345. The topological polar surface area (TPSA) is 3.24 Å². The lowest BCUT2D eigenvalue weighted by Crippen LogP contribution is -2.18. The van der Waals surface area contributed by atoms with Gasteiger partial charge in [-0.3, -0.25) is 0 Å². The highest BCUT2D eigenvalue weighted by Gasteiger charge is 2.36. The van der Waals surface area contributed by atoms with Crippen molar-refractivity contribution in [3.8, 4) is 33.4 Å². The molecule has 1 heteroatoms. The molecule has 0 unspecified atom stereocenters. The van der Waals surface area contributed by atoms with Crippen LogP contribution >= 0.6 is 0 Å². The second-order valence-electron chi connectivity index (χ2n) is 20.9. The molecular weight excluding hydrogens is 675 g/mol. The van der Waals surface area contributed by atoms with Gasteiger partial charge in [0.05, 0.1) is 0 Å². The minimum atomic E-state index is -0.0962. The zero-order valence-corrected chi connectivity index (χ0v) is 36.6. The maximum Gasteiger partial charge on any atom is 0.0470 e. The van der Waals surface area contributed by atoms with E-state index in [1.54, 1.807) is 0 Å². The summed E-state index contributed by atoms with van der Waals surface area (Å²) in [6, 6.07) is 48.9. The minimum absolute atomic E-state index is 0.0173. The first kappa shape index (κ1) is 39.4. The standard InChI is InChI=1S/C55H63N/c1-51(2,3)40-18-17-19-44(33-40)56(45-26-27-48-47-20-15-16-21-49(47)55(13,14)50(48)35-45)46-31-39(30-43(34-46)54(10,11)12)37-24-22-36(23-25-37)38-28-41(52(4,5)6)32-42(29-38)53(7,8)9/h15-35H,1-14H3. The van der Waals surface area contributed by atoms with Crippen LogP contribution in [0.4, 0.5) is 17.1 Å². The Kier molecular flexibility index (Phi) is 9.59. The Morgan fingerprint density at radius 2 is 0.804 bits per heavy atom. The summed E-state index contributed by atoms with van der Waals surface area (Å²) in [6.07, 6.45) is 0. The first-order valence-corrected chi connectivity index (χ1v) is 20.6. The Morgan fingerprint density at radius 1 is 0.339 bits per heavy atom. The van der Waals surface area contributed by atoms with E-state index in [9.17, 15) is 0 Å². The molecule has 0 heterocycles. The SMILES string of the molecule is CC(C)(C)c1cccc(N(c2cc(-c3ccc(-c4cc(C(C)(C)C)cc(C(C)(C)C)c4)cc3)cc(C(C)(C)C)c2)c2ccc3c(c2)C(C)(C)c2ccccc2-3)c1. The van der Waals surface area contributed by atoms with E-state index in [4.69, 9.17) is 0 Å². The fourth-order valence-corrected chi connectivity index (χ4v) is 8.25. The summed E-state index contributed by atoms with van der Waals surface area (Å²) in [4.78, 5) is 2.49. The molecule has 0 fully saturated rings. The molecule has 0 saturated carbocycles. The predicted octanol–water partition coefficient (Wildman–Crippen LogP) is 16.0. The maximum atomic E-state index is 2.49. The lowest BCUT2D eigenvalue weighted by molar-refractivity contribution is 0.569. The van der Waals surface area contributed by atoms with Crippen molar-refractivity contribution in [3.63, 3.8) is 0 Å². The van der Waals surface area contributed by atoms with Gasteiger partial charge in [-0.2, -0.15) is 0 Å². The lowest BCUT2D eigenvalue weighted by atomic mass is 9.79. The Morgan fingerprint density at radius 3 is 1.36 bits per heavy atom. The van der Waals surface area contributed by atoms with Crippen molar-refractivity contribution in [3.05, 3.63) is 161 Å². The van der Waals surface area contributed by atoms with Gasteiger partial charge in [0, 0.05) is 22.5 Å². The minimum Gasteiger partial charge on any atom is -0.310 e. The van der Waals surface area contributed by atoms with E-state index in [1.807, 2.05) is 0 Å². The second-order valence-corrected chi connectivity index (χ2v) is 20.9. The van der Waals surface area contributed by atoms with Crippen LogP contribution in [0, 0.1) is 0 Å². The Bertz CT molecular complexity index is 2380. The van der Waals surface area contributed by atoms with Gasteiger partial charge in [-0.1, -0.05) is 188 Å². The van der Waals surface area contributed by atoms with Crippen LogP contribution in [0.1, 0.15) is 130 Å². The van der Waals surface area contributed by atoms with Crippen molar-refractivity contribution in [1.82, 2.24) is 0 Å². The first-order valence-electron chi connectivity index (χ1n) is 20.6.